The van der Waals surface area contributed by atoms with Crippen LogP contribution in [0.3, 0.4) is 0 Å². The van der Waals surface area contributed by atoms with Crippen molar-refractivity contribution in [3.8, 4) is 0 Å². The number of fused-ring (bicyclic) bond motifs is 2. The molecular formula is C10H15BrO2. The molecule has 0 heterocycles. The van der Waals surface area contributed by atoms with Gasteiger partial charge >= 0.3 is 5.78 Å². The van der Waals surface area contributed by atoms with E-state index in [0.717, 1.165) is 6.42 Å². The largest absolute Gasteiger partial charge is 0.463 e. The number of hydrogen-bond acceptors (Lipinski definition) is 1. The van der Waals surface area contributed by atoms with Crippen LogP contribution in [-0.2, 0) is 4.58 Å². The van der Waals surface area contributed by atoms with Crippen LogP contribution in [0.5, 0.6) is 0 Å². The first-order chi connectivity index (χ1) is 5.95. The maximum Gasteiger partial charge on any atom is 0.349 e. The summed E-state index contributed by atoms with van der Waals surface area (Å²) < 4.78 is 4.32. The van der Waals surface area contributed by atoms with Crippen molar-refractivity contribution in [2.45, 2.75) is 38.4 Å². The van der Waals surface area contributed by atoms with Gasteiger partial charge in [-0.3, -0.25) is 0 Å². The Kier molecular flexibility index (Phi) is 1.83. The van der Waals surface area contributed by atoms with Crippen molar-refractivity contribution < 1.29 is 9.83 Å². The van der Waals surface area contributed by atoms with E-state index in [0.29, 0.717) is 11.7 Å². The Bertz CT molecular complexity index is 272. The number of halogens is 1. The molecule has 3 heteroatoms. The SMILES string of the molecule is CC12CCC(C(Br)C1=[O+][O-])C2(C)C. The summed E-state index contributed by atoms with van der Waals surface area (Å²) >= 11 is 3.57. The zero-order valence-electron chi connectivity index (χ0n) is 8.26. The zero-order valence-corrected chi connectivity index (χ0v) is 9.85. The molecule has 0 radical (unpaired) electrons. The Balaban J connectivity index is 2.52. The summed E-state index contributed by atoms with van der Waals surface area (Å²) in [6, 6.07) is 0. The molecule has 0 amide bonds. The highest BCUT2D eigenvalue weighted by Crippen LogP contribution is 2.65. The van der Waals surface area contributed by atoms with Gasteiger partial charge in [0.1, 0.15) is 4.83 Å². The Morgan fingerprint density at radius 1 is 1.46 bits per heavy atom. The quantitative estimate of drug-likeness (QED) is 0.277. The molecule has 2 aliphatic rings. The lowest BCUT2D eigenvalue weighted by Crippen LogP contribution is -2.36. The van der Waals surface area contributed by atoms with Crippen LogP contribution in [0.4, 0.5) is 0 Å². The minimum absolute atomic E-state index is 0.0203. The van der Waals surface area contributed by atoms with Gasteiger partial charge < -0.3 is 5.26 Å². The smallest absolute Gasteiger partial charge is 0.349 e. The molecule has 0 aliphatic heterocycles. The van der Waals surface area contributed by atoms with Crippen LogP contribution >= 0.6 is 15.9 Å². The summed E-state index contributed by atoms with van der Waals surface area (Å²) in [4.78, 5) is 0.166. The monoisotopic (exact) mass is 246 g/mol. The Morgan fingerprint density at radius 3 is 2.38 bits per heavy atom. The van der Waals surface area contributed by atoms with E-state index in [1.54, 1.807) is 0 Å². The standard InChI is InChI=1S/C10H15BrO2/c1-9(2)6-4-5-10(9,3)8(13-12)7(6)11/h6-7H,4-5H2,1-3H3. The second-order valence-corrected chi connectivity index (χ2v) is 6.03. The fraction of sp³-hybridized carbons (Fsp3) is 0.900. The van der Waals surface area contributed by atoms with Crippen LogP contribution < -0.4 is 5.26 Å². The lowest BCUT2D eigenvalue weighted by molar-refractivity contribution is -1.05. The van der Waals surface area contributed by atoms with Crippen molar-refractivity contribution >= 4 is 21.7 Å². The first kappa shape index (κ1) is 9.50. The predicted molar refractivity (Wildman–Crippen MR) is 52.3 cm³/mol. The molecule has 3 unspecified atom stereocenters. The molecule has 13 heavy (non-hydrogen) atoms. The predicted octanol–water partition coefficient (Wildman–Crippen LogP) is 1.59. The molecule has 0 aromatic carbocycles. The minimum atomic E-state index is -0.0203. The highest BCUT2D eigenvalue weighted by atomic mass is 79.9. The van der Waals surface area contributed by atoms with Gasteiger partial charge in [0.25, 0.3) is 0 Å². The Labute approximate surface area is 87.1 Å². The van der Waals surface area contributed by atoms with Crippen molar-refractivity contribution in [1.29, 1.82) is 0 Å². The van der Waals surface area contributed by atoms with Crippen molar-refractivity contribution in [2.24, 2.45) is 16.7 Å². The van der Waals surface area contributed by atoms with Crippen LogP contribution in [0.25, 0.3) is 0 Å². The maximum absolute atomic E-state index is 10.7. The summed E-state index contributed by atoms with van der Waals surface area (Å²) in [7, 11) is 0. The van der Waals surface area contributed by atoms with Gasteiger partial charge in [0.15, 0.2) is 0 Å². The molecule has 2 fully saturated rings. The van der Waals surface area contributed by atoms with Gasteiger partial charge in [-0.2, -0.15) is 4.58 Å². The van der Waals surface area contributed by atoms with Gasteiger partial charge in [-0.25, -0.2) is 0 Å². The zero-order chi connectivity index (χ0) is 9.85. The Morgan fingerprint density at radius 2 is 2.08 bits per heavy atom. The molecule has 3 atom stereocenters. The van der Waals surface area contributed by atoms with Gasteiger partial charge in [0.2, 0.25) is 0 Å². The molecule has 0 N–H and O–H groups in total. The summed E-state index contributed by atoms with van der Waals surface area (Å²) in [6.45, 7) is 6.64. The molecule has 0 aromatic heterocycles. The van der Waals surface area contributed by atoms with Crippen LogP contribution in [0, 0.1) is 16.7 Å². The second-order valence-electron chi connectivity index (χ2n) is 5.05. The molecule has 0 aromatic rings. The molecule has 2 rings (SSSR count). The molecule has 2 saturated carbocycles. The number of alkyl halides is 1. The molecule has 74 valence electrons. The van der Waals surface area contributed by atoms with Gasteiger partial charge in [0, 0.05) is 0 Å². The molecule has 2 aliphatic carbocycles. The van der Waals surface area contributed by atoms with Crippen LogP contribution in [-0.4, -0.2) is 10.6 Å². The van der Waals surface area contributed by atoms with E-state index in [2.05, 4.69) is 41.3 Å². The van der Waals surface area contributed by atoms with Gasteiger partial charge in [-0.15, -0.1) is 0 Å². The van der Waals surface area contributed by atoms with E-state index in [4.69, 9.17) is 0 Å². The summed E-state index contributed by atoms with van der Waals surface area (Å²) in [5.74, 6) is 1.27. The lowest BCUT2D eigenvalue weighted by Gasteiger charge is -2.29. The number of ketones is 1. The topological polar surface area (TPSA) is 34.4 Å². The summed E-state index contributed by atoms with van der Waals surface area (Å²) in [5.41, 5.74) is 0.175. The van der Waals surface area contributed by atoms with E-state index in [-0.39, 0.29) is 15.7 Å². The normalized spacial score (nSPS) is 50.3. The number of hydrogen-bond donors (Lipinski definition) is 0. The third-order valence-corrected chi connectivity index (χ3v) is 5.60. The maximum atomic E-state index is 10.7. The molecule has 2 nitrogen and oxygen atoms in total. The fourth-order valence-corrected chi connectivity index (χ4v) is 4.62. The van der Waals surface area contributed by atoms with E-state index >= 15 is 0 Å². The fourth-order valence-electron chi connectivity index (χ4n) is 3.11. The molecule has 2 bridgehead atoms. The van der Waals surface area contributed by atoms with Gasteiger partial charge in [-0.1, -0.05) is 29.8 Å². The first-order valence-corrected chi connectivity index (χ1v) is 5.68. The summed E-state index contributed by atoms with van der Waals surface area (Å²) in [6.07, 6.45) is 2.29. The molecular weight excluding hydrogens is 232 g/mol. The van der Waals surface area contributed by atoms with E-state index in [1.165, 1.54) is 6.42 Å². The highest BCUT2D eigenvalue weighted by molar-refractivity contribution is 9.10. The van der Waals surface area contributed by atoms with Crippen LogP contribution in [0.15, 0.2) is 0 Å². The van der Waals surface area contributed by atoms with E-state index in [1.807, 2.05) is 0 Å². The third kappa shape index (κ3) is 0.867. The van der Waals surface area contributed by atoms with Gasteiger partial charge in [0.05, 0.1) is 5.41 Å². The first-order valence-electron chi connectivity index (χ1n) is 4.76. The van der Waals surface area contributed by atoms with E-state index < -0.39 is 0 Å². The highest BCUT2D eigenvalue weighted by Gasteiger charge is 2.70. The second kappa shape index (κ2) is 2.50. The Hall–Kier alpha value is -0.0500. The van der Waals surface area contributed by atoms with Crippen molar-refractivity contribution in [2.75, 3.05) is 0 Å². The van der Waals surface area contributed by atoms with Crippen LogP contribution in [0.1, 0.15) is 33.6 Å². The van der Waals surface area contributed by atoms with Crippen molar-refractivity contribution in [3.63, 3.8) is 0 Å². The average Bonchev–Trinajstić information content (AvgIpc) is 2.32. The number of carbonyl (C=O) groups excluding carboxylic acids is 1. The van der Waals surface area contributed by atoms with Gasteiger partial charge in [-0.05, 0) is 31.1 Å². The van der Waals surface area contributed by atoms with Crippen LogP contribution in [0.2, 0.25) is 0 Å². The summed E-state index contributed by atoms with van der Waals surface area (Å²) in [5, 5.41) is 10.7. The minimum Gasteiger partial charge on any atom is -0.463 e. The lowest BCUT2D eigenvalue weighted by atomic mass is 9.70. The average molecular weight is 247 g/mol. The molecule has 0 saturated heterocycles. The number of rotatable bonds is 0. The third-order valence-electron chi connectivity index (χ3n) is 4.54. The molecule has 0 spiro atoms. The van der Waals surface area contributed by atoms with E-state index in [9.17, 15) is 5.26 Å². The van der Waals surface area contributed by atoms with Crippen molar-refractivity contribution in [3.05, 3.63) is 0 Å². The van der Waals surface area contributed by atoms with Crippen molar-refractivity contribution in [1.82, 2.24) is 0 Å².